The lowest BCUT2D eigenvalue weighted by Gasteiger charge is -2.17. The summed E-state index contributed by atoms with van der Waals surface area (Å²) in [5.74, 6) is 1.01. The summed E-state index contributed by atoms with van der Waals surface area (Å²) < 4.78 is 10.6. The van der Waals surface area contributed by atoms with Crippen molar-refractivity contribution in [3.63, 3.8) is 0 Å². The molecule has 1 aromatic rings. The minimum atomic E-state index is 0.181. The number of fused-ring (bicyclic) bond motifs is 1. The molecule has 1 heterocycles. The lowest BCUT2D eigenvalue weighted by molar-refractivity contribution is 0.163. The molecule has 0 saturated heterocycles. The summed E-state index contributed by atoms with van der Waals surface area (Å²) in [6, 6.07) is 5.69. The van der Waals surface area contributed by atoms with Gasteiger partial charge < -0.3 is 19.9 Å². The van der Waals surface area contributed by atoms with E-state index in [2.05, 4.69) is 12.2 Å². The predicted octanol–water partition coefficient (Wildman–Crippen LogP) is 1.45. The van der Waals surface area contributed by atoms with Crippen molar-refractivity contribution in [2.24, 2.45) is 0 Å². The Bertz CT molecular complexity index is 367. The first kappa shape index (κ1) is 11.2. The van der Waals surface area contributed by atoms with Crippen LogP contribution in [0.4, 0.5) is 0 Å². The Morgan fingerprint density at radius 1 is 1.62 bits per heavy atom. The van der Waals surface area contributed by atoms with Crippen molar-refractivity contribution in [1.29, 1.82) is 0 Å². The van der Waals surface area contributed by atoms with E-state index in [0.717, 1.165) is 11.3 Å². The molecule has 1 aliphatic heterocycles. The van der Waals surface area contributed by atoms with Crippen molar-refractivity contribution in [2.45, 2.75) is 19.0 Å². The maximum absolute atomic E-state index is 9.33. The number of phenols is 1. The van der Waals surface area contributed by atoms with Crippen LogP contribution >= 0.6 is 0 Å². The number of hydrogen-bond donors (Lipinski definition) is 2. The Morgan fingerprint density at radius 3 is 3.19 bits per heavy atom. The molecular weight excluding hydrogens is 206 g/mol. The predicted molar refractivity (Wildman–Crippen MR) is 60.8 cm³/mol. The second-order valence-electron chi connectivity index (χ2n) is 4.11. The molecule has 0 fully saturated rings. The zero-order chi connectivity index (χ0) is 11.5. The maximum atomic E-state index is 9.33. The average molecular weight is 223 g/mol. The van der Waals surface area contributed by atoms with Gasteiger partial charge in [0.25, 0.3) is 0 Å². The van der Waals surface area contributed by atoms with Crippen LogP contribution in [-0.4, -0.2) is 31.5 Å². The molecule has 1 aromatic carbocycles. The second-order valence-corrected chi connectivity index (χ2v) is 4.11. The van der Waals surface area contributed by atoms with E-state index in [1.54, 1.807) is 19.2 Å². The smallest absolute Gasteiger partial charge is 0.127 e. The van der Waals surface area contributed by atoms with Gasteiger partial charge in [-0.15, -0.1) is 0 Å². The number of methoxy groups -OCH3 is 1. The fraction of sp³-hybridized carbons (Fsp3) is 0.500. The molecule has 0 aliphatic carbocycles. The SMILES string of the molecule is COCC(C)NC1COc2cc(O)ccc21. The zero-order valence-electron chi connectivity index (χ0n) is 9.56. The lowest BCUT2D eigenvalue weighted by Crippen LogP contribution is -2.34. The molecule has 0 aromatic heterocycles. The number of rotatable bonds is 4. The Hall–Kier alpha value is -1.26. The van der Waals surface area contributed by atoms with E-state index < -0.39 is 0 Å². The Morgan fingerprint density at radius 2 is 2.44 bits per heavy atom. The molecule has 2 atom stereocenters. The lowest BCUT2D eigenvalue weighted by atomic mass is 10.1. The van der Waals surface area contributed by atoms with Crippen molar-refractivity contribution in [2.75, 3.05) is 20.3 Å². The summed E-state index contributed by atoms with van der Waals surface area (Å²) in [5, 5.41) is 12.8. The zero-order valence-corrected chi connectivity index (χ0v) is 9.56. The summed E-state index contributed by atoms with van der Waals surface area (Å²) in [7, 11) is 1.69. The van der Waals surface area contributed by atoms with Crippen LogP contribution in [0.1, 0.15) is 18.5 Å². The highest BCUT2D eigenvalue weighted by Gasteiger charge is 2.25. The minimum Gasteiger partial charge on any atom is -0.508 e. The number of benzene rings is 1. The van der Waals surface area contributed by atoms with Crippen LogP contribution in [0.25, 0.3) is 0 Å². The summed E-state index contributed by atoms with van der Waals surface area (Å²) in [5.41, 5.74) is 1.10. The van der Waals surface area contributed by atoms with Crippen LogP contribution in [0.5, 0.6) is 11.5 Å². The van der Waals surface area contributed by atoms with Gasteiger partial charge in [0, 0.05) is 24.8 Å². The summed E-state index contributed by atoms with van der Waals surface area (Å²) in [6.45, 7) is 3.35. The molecule has 2 unspecified atom stereocenters. The van der Waals surface area contributed by atoms with Gasteiger partial charge in [0.15, 0.2) is 0 Å². The van der Waals surface area contributed by atoms with E-state index in [-0.39, 0.29) is 17.8 Å². The van der Waals surface area contributed by atoms with Gasteiger partial charge in [-0.25, -0.2) is 0 Å². The normalized spacial score (nSPS) is 20.2. The van der Waals surface area contributed by atoms with E-state index in [4.69, 9.17) is 9.47 Å². The second kappa shape index (κ2) is 4.72. The average Bonchev–Trinajstić information content (AvgIpc) is 2.61. The third kappa shape index (κ3) is 2.28. The Kier molecular flexibility index (Phi) is 3.31. The van der Waals surface area contributed by atoms with Crippen LogP contribution in [0.15, 0.2) is 18.2 Å². The van der Waals surface area contributed by atoms with Gasteiger partial charge in [-0.2, -0.15) is 0 Å². The van der Waals surface area contributed by atoms with Gasteiger partial charge in [0.2, 0.25) is 0 Å². The van der Waals surface area contributed by atoms with Gasteiger partial charge >= 0.3 is 0 Å². The topological polar surface area (TPSA) is 50.7 Å². The molecule has 4 nitrogen and oxygen atoms in total. The molecule has 2 rings (SSSR count). The van der Waals surface area contributed by atoms with Gasteiger partial charge in [-0.3, -0.25) is 0 Å². The first-order valence-corrected chi connectivity index (χ1v) is 5.41. The van der Waals surface area contributed by atoms with Crippen LogP contribution in [0.2, 0.25) is 0 Å². The molecule has 88 valence electrons. The number of aromatic hydroxyl groups is 1. The third-order valence-electron chi connectivity index (χ3n) is 2.68. The molecule has 1 aliphatic rings. The first-order valence-electron chi connectivity index (χ1n) is 5.41. The molecule has 16 heavy (non-hydrogen) atoms. The van der Waals surface area contributed by atoms with E-state index in [1.807, 2.05) is 6.07 Å². The molecule has 0 radical (unpaired) electrons. The van der Waals surface area contributed by atoms with Gasteiger partial charge in [0.05, 0.1) is 12.6 Å². The van der Waals surface area contributed by atoms with Crippen molar-refractivity contribution in [3.8, 4) is 11.5 Å². The first-order chi connectivity index (χ1) is 7.70. The van der Waals surface area contributed by atoms with Gasteiger partial charge in [-0.1, -0.05) is 0 Å². The summed E-state index contributed by atoms with van der Waals surface area (Å²) in [6.07, 6.45) is 0. The van der Waals surface area contributed by atoms with Crippen LogP contribution in [0.3, 0.4) is 0 Å². The fourth-order valence-electron chi connectivity index (χ4n) is 1.98. The van der Waals surface area contributed by atoms with Crippen LogP contribution < -0.4 is 10.1 Å². The third-order valence-corrected chi connectivity index (χ3v) is 2.68. The number of ether oxygens (including phenoxy) is 2. The van der Waals surface area contributed by atoms with Crippen LogP contribution in [0, 0.1) is 0 Å². The van der Waals surface area contributed by atoms with E-state index in [0.29, 0.717) is 13.2 Å². The maximum Gasteiger partial charge on any atom is 0.127 e. The molecule has 0 spiro atoms. The van der Waals surface area contributed by atoms with E-state index in [1.165, 1.54) is 0 Å². The van der Waals surface area contributed by atoms with E-state index >= 15 is 0 Å². The molecule has 0 saturated carbocycles. The standard InChI is InChI=1S/C12H17NO3/c1-8(6-15-2)13-11-7-16-12-5-9(14)3-4-10(11)12/h3-5,8,11,13-14H,6-7H2,1-2H3. The summed E-state index contributed by atoms with van der Waals surface area (Å²) >= 11 is 0. The molecular formula is C12H17NO3. The Balaban J connectivity index is 2.06. The summed E-state index contributed by atoms with van der Waals surface area (Å²) in [4.78, 5) is 0. The quantitative estimate of drug-likeness (QED) is 0.811. The molecule has 0 amide bonds. The highest BCUT2D eigenvalue weighted by molar-refractivity contribution is 5.44. The highest BCUT2D eigenvalue weighted by atomic mass is 16.5. The van der Waals surface area contributed by atoms with Crippen LogP contribution in [-0.2, 0) is 4.74 Å². The monoisotopic (exact) mass is 223 g/mol. The Labute approximate surface area is 95.2 Å². The number of phenolic OH excluding ortho intramolecular Hbond substituents is 1. The molecule has 4 heteroatoms. The largest absolute Gasteiger partial charge is 0.508 e. The van der Waals surface area contributed by atoms with Crippen molar-refractivity contribution in [1.82, 2.24) is 5.32 Å². The van der Waals surface area contributed by atoms with Gasteiger partial charge in [-0.05, 0) is 19.1 Å². The molecule has 2 N–H and O–H groups in total. The van der Waals surface area contributed by atoms with Gasteiger partial charge in [0.1, 0.15) is 18.1 Å². The number of nitrogens with one attached hydrogen (secondary N) is 1. The fourth-order valence-corrected chi connectivity index (χ4v) is 1.98. The minimum absolute atomic E-state index is 0.181. The number of hydrogen-bond acceptors (Lipinski definition) is 4. The molecule has 0 bridgehead atoms. The van der Waals surface area contributed by atoms with Crippen molar-refractivity contribution in [3.05, 3.63) is 23.8 Å². The van der Waals surface area contributed by atoms with Crippen molar-refractivity contribution < 1.29 is 14.6 Å². The van der Waals surface area contributed by atoms with E-state index in [9.17, 15) is 5.11 Å². The van der Waals surface area contributed by atoms with Crippen molar-refractivity contribution >= 4 is 0 Å². The highest BCUT2D eigenvalue weighted by Crippen LogP contribution is 2.34.